The van der Waals surface area contributed by atoms with Crippen molar-refractivity contribution in [1.29, 1.82) is 0 Å². The number of nitrogens with one attached hydrogen (secondary N) is 1. The van der Waals surface area contributed by atoms with E-state index < -0.39 is 11.9 Å². The topological polar surface area (TPSA) is 78.9 Å². The Bertz CT molecular complexity index is 550. The van der Waals surface area contributed by atoms with Gasteiger partial charge in [0.25, 0.3) is 0 Å². The van der Waals surface area contributed by atoms with Crippen molar-refractivity contribution < 1.29 is 19.4 Å². The summed E-state index contributed by atoms with van der Waals surface area (Å²) < 4.78 is 5.08. The predicted molar refractivity (Wildman–Crippen MR) is 79.0 cm³/mol. The van der Waals surface area contributed by atoms with E-state index in [1.165, 1.54) is 12.0 Å². The Morgan fingerprint density at radius 3 is 2.90 bits per heavy atom. The molecule has 0 radical (unpaired) electrons. The Balaban J connectivity index is 2.05. The summed E-state index contributed by atoms with van der Waals surface area (Å²) in [5.74, 6) is -0.797. The third-order valence-corrected chi connectivity index (χ3v) is 3.80. The molecular weight excluding hydrogens is 296 g/mol. The first-order valence-electron chi connectivity index (χ1n) is 6.63. The molecule has 1 aliphatic rings. The van der Waals surface area contributed by atoms with Crippen molar-refractivity contribution >= 4 is 29.3 Å². The number of piperidine rings is 1. The summed E-state index contributed by atoms with van der Waals surface area (Å²) in [6.07, 6.45) is 1.27. The van der Waals surface area contributed by atoms with E-state index in [0.29, 0.717) is 35.8 Å². The van der Waals surface area contributed by atoms with Crippen LogP contribution >= 0.6 is 11.6 Å². The zero-order valence-corrected chi connectivity index (χ0v) is 12.4. The van der Waals surface area contributed by atoms with Crippen molar-refractivity contribution in [3.63, 3.8) is 0 Å². The molecule has 7 heteroatoms. The highest BCUT2D eigenvalue weighted by molar-refractivity contribution is 6.33. The van der Waals surface area contributed by atoms with Crippen LogP contribution < -0.4 is 10.1 Å². The Hall–Kier alpha value is -1.95. The lowest BCUT2D eigenvalue weighted by Crippen LogP contribution is -2.44. The standard InChI is InChI=1S/C14H17ClN2O4/c1-21-10-4-5-11(15)12(7-10)16-14(20)17-6-2-3-9(8-17)13(18)19/h4-5,7,9H,2-3,6,8H2,1H3,(H,16,20)(H,18,19). The van der Waals surface area contributed by atoms with Gasteiger partial charge in [0.05, 0.1) is 23.7 Å². The van der Waals surface area contributed by atoms with Crippen LogP contribution in [0.3, 0.4) is 0 Å². The number of carboxylic acid groups (broad SMARTS) is 1. The van der Waals surface area contributed by atoms with E-state index in [1.807, 2.05) is 0 Å². The average Bonchev–Trinajstić information content (AvgIpc) is 2.49. The fourth-order valence-corrected chi connectivity index (χ4v) is 2.45. The zero-order chi connectivity index (χ0) is 15.4. The second kappa shape index (κ2) is 6.67. The third kappa shape index (κ3) is 3.78. The van der Waals surface area contributed by atoms with E-state index in [-0.39, 0.29) is 12.6 Å². The smallest absolute Gasteiger partial charge is 0.321 e. The van der Waals surface area contributed by atoms with E-state index in [9.17, 15) is 9.59 Å². The number of carboxylic acids is 1. The van der Waals surface area contributed by atoms with E-state index in [1.54, 1.807) is 18.2 Å². The molecule has 0 saturated carbocycles. The van der Waals surface area contributed by atoms with Crippen LogP contribution in [-0.4, -0.2) is 42.2 Å². The highest BCUT2D eigenvalue weighted by atomic mass is 35.5. The number of halogens is 1. The van der Waals surface area contributed by atoms with Gasteiger partial charge in [0.15, 0.2) is 0 Å². The number of ether oxygens (including phenoxy) is 1. The number of hydrogen-bond donors (Lipinski definition) is 2. The first kappa shape index (κ1) is 15.4. The molecule has 1 unspecified atom stereocenters. The number of likely N-dealkylation sites (tertiary alicyclic amines) is 1. The van der Waals surface area contributed by atoms with Crippen molar-refractivity contribution in [2.45, 2.75) is 12.8 Å². The third-order valence-electron chi connectivity index (χ3n) is 3.47. The van der Waals surface area contributed by atoms with Gasteiger partial charge in [-0.1, -0.05) is 11.6 Å². The molecule has 2 N–H and O–H groups in total. The summed E-state index contributed by atoms with van der Waals surface area (Å²) in [5, 5.41) is 12.1. The number of rotatable bonds is 3. The molecule has 1 fully saturated rings. The fraction of sp³-hybridized carbons (Fsp3) is 0.429. The van der Waals surface area contributed by atoms with Crippen molar-refractivity contribution in [3.05, 3.63) is 23.2 Å². The maximum atomic E-state index is 12.2. The summed E-state index contributed by atoms with van der Waals surface area (Å²) in [4.78, 5) is 24.7. The molecule has 0 aliphatic carbocycles. The molecule has 21 heavy (non-hydrogen) atoms. The number of nitrogens with zero attached hydrogens (tertiary/aromatic N) is 1. The van der Waals surface area contributed by atoms with Gasteiger partial charge >= 0.3 is 12.0 Å². The van der Waals surface area contributed by atoms with E-state index in [2.05, 4.69) is 5.32 Å². The molecule has 114 valence electrons. The van der Waals surface area contributed by atoms with E-state index >= 15 is 0 Å². The number of carbonyl (C=O) groups excluding carboxylic acids is 1. The van der Waals surface area contributed by atoms with Crippen LogP contribution in [0, 0.1) is 5.92 Å². The number of benzene rings is 1. The first-order chi connectivity index (χ1) is 10.0. The minimum absolute atomic E-state index is 0.211. The van der Waals surface area contributed by atoms with Gasteiger partial charge in [0.2, 0.25) is 0 Å². The molecule has 0 bridgehead atoms. The lowest BCUT2D eigenvalue weighted by Gasteiger charge is -2.30. The second-order valence-electron chi connectivity index (χ2n) is 4.90. The Morgan fingerprint density at radius 2 is 2.24 bits per heavy atom. The summed E-state index contributed by atoms with van der Waals surface area (Å²) in [7, 11) is 1.52. The van der Waals surface area contributed by atoms with Gasteiger partial charge in [-0.25, -0.2) is 4.79 Å². The molecule has 0 aromatic heterocycles. The summed E-state index contributed by atoms with van der Waals surface area (Å²) >= 11 is 6.03. The molecule has 1 heterocycles. The maximum Gasteiger partial charge on any atom is 0.321 e. The predicted octanol–water partition coefficient (Wildman–Crippen LogP) is 2.68. The van der Waals surface area contributed by atoms with E-state index in [4.69, 9.17) is 21.4 Å². The first-order valence-corrected chi connectivity index (χ1v) is 7.01. The number of amides is 2. The second-order valence-corrected chi connectivity index (χ2v) is 5.31. The van der Waals surface area contributed by atoms with Gasteiger partial charge in [0, 0.05) is 19.2 Å². The number of urea groups is 1. The van der Waals surface area contributed by atoms with Gasteiger partial charge < -0.3 is 20.1 Å². The fourth-order valence-electron chi connectivity index (χ4n) is 2.28. The van der Waals surface area contributed by atoms with Crippen LogP contribution in [0.4, 0.5) is 10.5 Å². The molecule has 1 aromatic rings. The number of anilines is 1. The zero-order valence-electron chi connectivity index (χ0n) is 11.6. The van der Waals surface area contributed by atoms with Crippen LogP contribution in [0.1, 0.15) is 12.8 Å². The number of hydrogen-bond acceptors (Lipinski definition) is 3. The van der Waals surface area contributed by atoms with E-state index in [0.717, 1.165) is 0 Å². The van der Waals surface area contributed by atoms with Crippen LogP contribution in [0.15, 0.2) is 18.2 Å². The molecule has 1 saturated heterocycles. The van der Waals surface area contributed by atoms with Crippen LogP contribution in [0.25, 0.3) is 0 Å². The molecule has 1 aromatic carbocycles. The SMILES string of the molecule is COc1ccc(Cl)c(NC(=O)N2CCCC(C(=O)O)C2)c1. The van der Waals surface area contributed by atoms with Crippen LogP contribution in [0.5, 0.6) is 5.75 Å². The molecule has 2 amide bonds. The molecule has 1 atom stereocenters. The lowest BCUT2D eigenvalue weighted by molar-refractivity contribution is -0.143. The highest BCUT2D eigenvalue weighted by Crippen LogP contribution is 2.27. The number of methoxy groups -OCH3 is 1. The van der Waals surface area contributed by atoms with Crippen LogP contribution in [0.2, 0.25) is 5.02 Å². The van der Waals surface area contributed by atoms with Gasteiger partial charge in [-0.15, -0.1) is 0 Å². The largest absolute Gasteiger partial charge is 0.497 e. The number of aliphatic carboxylic acids is 1. The van der Waals surface area contributed by atoms with Gasteiger partial charge in [-0.2, -0.15) is 0 Å². The quantitative estimate of drug-likeness (QED) is 0.899. The Morgan fingerprint density at radius 1 is 1.48 bits per heavy atom. The lowest BCUT2D eigenvalue weighted by atomic mass is 9.99. The van der Waals surface area contributed by atoms with Gasteiger partial charge in [-0.05, 0) is 25.0 Å². The molecule has 6 nitrogen and oxygen atoms in total. The van der Waals surface area contributed by atoms with Crippen molar-refractivity contribution in [2.75, 3.05) is 25.5 Å². The molecule has 0 spiro atoms. The monoisotopic (exact) mass is 312 g/mol. The minimum atomic E-state index is -0.869. The summed E-state index contributed by atoms with van der Waals surface area (Å²) in [6.45, 7) is 0.750. The van der Waals surface area contributed by atoms with Crippen molar-refractivity contribution in [3.8, 4) is 5.75 Å². The Labute approximate surface area is 127 Å². The molecule has 2 rings (SSSR count). The average molecular weight is 313 g/mol. The normalized spacial score (nSPS) is 18.2. The summed E-state index contributed by atoms with van der Waals surface area (Å²) in [5.41, 5.74) is 0.443. The van der Waals surface area contributed by atoms with Gasteiger partial charge in [0.1, 0.15) is 5.75 Å². The highest BCUT2D eigenvalue weighted by Gasteiger charge is 2.28. The summed E-state index contributed by atoms with van der Waals surface area (Å²) in [6, 6.07) is 4.60. The number of carbonyl (C=O) groups is 2. The Kier molecular flexibility index (Phi) is 4.90. The van der Waals surface area contributed by atoms with Crippen molar-refractivity contribution in [1.82, 2.24) is 4.90 Å². The molecule has 1 aliphatic heterocycles. The minimum Gasteiger partial charge on any atom is -0.497 e. The van der Waals surface area contributed by atoms with Crippen molar-refractivity contribution in [2.24, 2.45) is 5.92 Å². The van der Waals surface area contributed by atoms with Gasteiger partial charge in [-0.3, -0.25) is 4.79 Å². The van der Waals surface area contributed by atoms with Crippen LogP contribution in [-0.2, 0) is 4.79 Å². The molecular formula is C14H17ClN2O4. The maximum absolute atomic E-state index is 12.2.